The first-order valence-electron chi connectivity index (χ1n) is 8.43. The summed E-state index contributed by atoms with van der Waals surface area (Å²) in [7, 11) is 0. The standard InChI is InChI=1S/C18H21N3O4S/c1-13(17(22)20-12-15-3-2-10-26-15)25-18(23)14-4-5-16(19-11-14)21-6-8-24-9-7-21/h2-5,10-11,13H,6-9,12H2,1H3,(H,20,22)/t13-/m0/s1. The van der Waals surface area contributed by atoms with Crippen LogP contribution in [0.1, 0.15) is 22.2 Å². The summed E-state index contributed by atoms with van der Waals surface area (Å²) in [6.07, 6.45) is 0.602. The molecule has 1 aliphatic heterocycles. The fourth-order valence-corrected chi connectivity index (χ4v) is 3.14. The lowest BCUT2D eigenvalue weighted by molar-refractivity contribution is -0.129. The van der Waals surface area contributed by atoms with Gasteiger partial charge < -0.3 is 19.7 Å². The van der Waals surface area contributed by atoms with Crippen molar-refractivity contribution in [3.05, 3.63) is 46.3 Å². The number of hydrogen-bond donors (Lipinski definition) is 1. The third-order valence-electron chi connectivity index (χ3n) is 3.99. The average molecular weight is 375 g/mol. The highest BCUT2D eigenvalue weighted by Crippen LogP contribution is 2.14. The molecule has 2 aromatic rings. The highest BCUT2D eigenvalue weighted by molar-refractivity contribution is 7.09. The van der Waals surface area contributed by atoms with Crippen LogP contribution in [-0.2, 0) is 20.8 Å². The van der Waals surface area contributed by atoms with Crippen molar-refractivity contribution in [2.24, 2.45) is 0 Å². The first-order valence-corrected chi connectivity index (χ1v) is 9.31. The highest BCUT2D eigenvalue weighted by atomic mass is 32.1. The Morgan fingerprint density at radius 2 is 2.15 bits per heavy atom. The maximum atomic E-state index is 12.2. The maximum Gasteiger partial charge on any atom is 0.340 e. The van der Waals surface area contributed by atoms with Crippen molar-refractivity contribution >= 4 is 29.0 Å². The van der Waals surface area contributed by atoms with Crippen LogP contribution in [0.3, 0.4) is 0 Å². The van der Waals surface area contributed by atoms with E-state index >= 15 is 0 Å². The van der Waals surface area contributed by atoms with Gasteiger partial charge in [0.15, 0.2) is 6.10 Å². The molecule has 1 N–H and O–H groups in total. The quantitative estimate of drug-likeness (QED) is 0.776. The molecule has 0 aromatic carbocycles. The van der Waals surface area contributed by atoms with Crippen LogP contribution < -0.4 is 10.2 Å². The second-order valence-corrected chi connectivity index (χ2v) is 6.88. The normalized spacial score (nSPS) is 15.3. The number of aromatic nitrogens is 1. The van der Waals surface area contributed by atoms with E-state index in [0.717, 1.165) is 23.8 Å². The summed E-state index contributed by atoms with van der Waals surface area (Å²) < 4.78 is 10.5. The number of hydrogen-bond acceptors (Lipinski definition) is 7. The Morgan fingerprint density at radius 1 is 1.35 bits per heavy atom. The van der Waals surface area contributed by atoms with Gasteiger partial charge in [0.2, 0.25) is 0 Å². The molecule has 1 amide bonds. The summed E-state index contributed by atoms with van der Waals surface area (Å²) in [6.45, 7) is 4.87. The van der Waals surface area contributed by atoms with Crippen LogP contribution in [0, 0.1) is 0 Å². The monoisotopic (exact) mass is 375 g/mol. The van der Waals surface area contributed by atoms with Gasteiger partial charge in [-0.15, -0.1) is 11.3 Å². The van der Waals surface area contributed by atoms with Gasteiger partial charge in [0.1, 0.15) is 5.82 Å². The molecule has 2 aromatic heterocycles. The lowest BCUT2D eigenvalue weighted by Crippen LogP contribution is -2.36. The molecular weight excluding hydrogens is 354 g/mol. The Balaban J connectivity index is 1.50. The summed E-state index contributed by atoms with van der Waals surface area (Å²) in [6, 6.07) is 7.30. The minimum absolute atomic E-state index is 0.319. The van der Waals surface area contributed by atoms with Crippen LogP contribution >= 0.6 is 11.3 Å². The minimum Gasteiger partial charge on any atom is -0.449 e. The number of thiophene rings is 1. The fourth-order valence-electron chi connectivity index (χ4n) is 2.50. The molecule has 3 rings (SSSR count). The molecule has 0 unspecified atom stereocenters. The molecule has 1 aliphatic rings. The predicted octanol–water partition coefficient (Wildman–Crippen LogP) is 1.84. The lowest BCUT2D eigenvalue weighted by Gasteiger charge is -2.27. The second-order valence-electron chi connectivity index (χ2n) is 5.85. The molecule has 0 bridgehead atoms. The third-order valence-corrected chi connectivity index (χ3v) is 4.87. The molecule has 1 saturated heterocycles. The van der Waals surface area contributed by atoms with E-state index in [1.165, 1.54) is 6.20 Å². The molecule has 0 aliphatic carbocycles. The number of morpholine rings is 1. The Kier molecular flexibility index (Phi) is 6.19. The minimum atomic E-state index is -0.874. The largest absolute Gasteiger partial charge is 0.449 e. The van der Waals surface area contributed by atoms with Gasteiger partial charge in [-0.1, -0.05) is 6.07 Å². The van der Waals surface area contributed by atoms with E-state index in [9.17, 15) is 9.59 Å². The van der Waals surface area contributed by atoms with Crippen LogP contribution in [0.15, 0.2) is 35.8 Å². The van der Waals surface area contributed by atoms with Gasteiger partial charge in [-0.05, 0) is 30.5 Å². The van der Waals surface area contributed by atoms with Crippen molar-refractivity contribution in [2.45, 2.75) is 19.6 Å². The number of carbonyl (C=O) groups is 2. The average Bonchev–Trinajstić information content (AvgIpc) is 3.20. The lowest BCUT2D eigenvalue weighted by atomic mass is 10.2. The van der Waals surface area contributed by atoms with Gasteiger partial charge in [0.05, 0.1) is 25.3 Å². The molecule has 0 spiro atoms. The first-order chi connectivity index (χ1) is 12.6. The number of nitrogens with one attached hydrogen (secondary N) is 1. The molecule has 8 heteroatoms. The van der Waals surface area contributed by atoms with Gasteiger partial charge in [0, 0.05) is 24.2 Å². The smallest absolute Gasteiger partial charge is 0.340 e. The number of anilines is 1. The van der Waals surface area contributed by atoms with Gasteiger partial charge in [-0.3, -0.25) is 4.79 Å². The number of esters is 1. The Hall–Kier alpha value is -2.45. The van der Waals surface area contributed by atoms with Crippen molar-refractivity contribution in [1.82, 2.24) is 10.3 Å². The van der Waals surface area contributed by atoms with Gasteiger partial charge in [-0.2, -0.15) is 0 Å². The number of nitrogens with zero attached hydrogens (tertiary/aromatic N) is 2. The Morgan fingerprint density at radius 3 is 2.81 bits per heavy atom. The topological polar surface area (TPSA) is 80.8 Å². The Labute approximate surface area is 155 Å². The van der Waals surface area contributed by atoms with Crippen LogP contribution in [-0.4, -0.2) is 49.3 Å². The zero-order valence-corrected chi connectivity index (χ0v) is 15.3. The summed E-state index contributed by atoms with van der Waals surface area (Å²) in [5.74, 6) is -0.0963. The summed E-state index contributed by atoms with van der Waals surface area (Å²) >= 11 is 1.56. The summed E-state index contributed by atoms with van der Waals surface area (Å²) in [5, 5.41) is 4.70. The molecule has 3 heterocycles. The van der Waals surface area contributed by atoms with E-state index in [-0.39, 0.29) is 5.91 Å². The van der Waals surface area contributed by atoms with Crippen molar-refractivity contribution < 1.29 is 19.1 Å². The van der Waals surface area contributed by atoms with Crippen molar-refractivity contribution in [2.75, 3.05) is 31.2 Å². The third kappa shape index (κ3) is 4.80. The molecular formula is C18H21N3O4S. The van der Waals surface area contributed by atoms with E-state index in [0.29, 0.717) is 25.3 Å². The van der Waals surface area contributed by atoms with Crippen LogP contribution in [0.2, 0.25) is 0 Å². The van der Waals surface area contributed by atoms with E-state index < -0.39 is 12.1 Å². The van der Waals surface area contributed by atoms with E-state index in [1.807, 2.05) is 17.5 Å². The highest BCUT2D eigenvalue weighted by Gasteiger charge is 2.20. The fraction of sp³-hybridized carbons (Fsp3) is 0.389. The van der Waals surface area contributed by atoms with Gasteiger partial charge in [-0.25, -0.2) is 9.78 Å². The van der Waals surface area contributed by atoms with E-state index in [1.54, 1.807) is 30.4 Å². The molecule has 138 valence electrons. The molecule has 1 fully saturated rings. The number of amides is 1. The van der Waals surface area contributed by atoms with Crippen LogP contribution in [0.25, 0.3) is 0 Å². The number of carbonyl (C=O) groups excluding carboxylic acids is 2. The zero-order valence-electron chi connectivity index (χ0n) is 14.5. The van der Waals surface area contributed by atoms with Crippen molar-refractivity contribution in [3.8, 4) is 0 Å². The van der Waals surface area contributed by atoms with Crippen molar-refractivity contribution in [3.63, 3.8) is 0 Å². The molecule has 0 radical (unpaired) electrons. The SMILES string of the molecule is C[C@H](OC(=O)c1ccc(N2CCOCC2)nc1)C(=O)NCc1cccs1. The van der Waals surface area contributed by atoms with Crippen molar-refractivity contribution in [1.29, 1.82) is 0 Å². The van der Waals surface area contributed by atoms with Crippen LogP contribution in [0.4, 0.5) is 5.82 Å². The van der Waals surface area contributed by atoms with E-state index in [4.69, 9.17) is 9.47 Å². The predicted molar refractivity (Wildman–Crippen MR) is 98.3 cm³/mol. The zero-order chi connectivity index (χ0) is 18.4. The number of rotatable bonds is 6. The number of ether oxygens (including phenoxy) is 2. The second kappa shape index (κ2) is 8.77. The summed E-state index contributed by atoms with van der Waals surface area (Å²) in [4.78, 5) is 31.7. The maximum absolute atomic E-state index is 12.2. The molecule has 1 atom stereocenters. The first kappa shape index (κ1) is 18.3. The molecule has 26 heavy (non-hydrogen) atoms. The van der Waals surface area contributed by atoms with Gasteiger partial charge in [0.25, 0.3) is 5.91 Å². The molecule has 7 nitrogen and oxygen atoms in total. The Bertz CT molecular complexity index is 727. The van der Waals surface area contributed by atoms with Crippen LogP contribution in [0.5, 0.6) is 0 Å². The summed E-state index contributed by atoms with van der Waals surface area (Å²) in [5.41, 5.74) is 0.319. The van der Waals surface area contributed by atoms with Gasteiger partial charge >= 0.3 is 5.97 Å². The number of pyridine rings is 1. The van der Waals surface area contributed by atoms with E-state index in [2.05, 4.69) is 15.2 Å². The molecule has 0 saturated carbocycles.